The molecule has 0 radical (unpaired) electrons. The fourth-order valence-corrected chi connectivity index (χ4v) is 2.31. The summed E-state index contributed by atoms with van der Waals surface area (Å²) >= 11 is 0. The summed E-state index contributed by atoms with van der Waals surface area (Å²) in [5.41, 5.74) is 1.84. The van der Waals surface area contributed by atoms with Crippen LogP contribution in [0.4, 0.5) is 5.95 Å². The van der Waals surface area contributed by atoms with Crippen molar-refractivity contribution in [3.63, 3.8) is 0 Å². The molecule has 1 rings (SSSR count). The van der Waals surface area contributed by atoms with Crippen molar-refractivity contribution >= 4 is 21.9 Å². The van der Waals surface area contributed by atoms with Gasteiger partial charge in [0.25, 0.3) is 0 Å². The molecule has 9 nitrogen and oxygen atoms in total. The van der Waals surface area contributed by atoms with Gasteiger partial charge in [-0.25, -0.2) is 29.0 Å². The Bertz CT molecular complexity index is 579. The van der Waals surface area contributed by atoms with Crippen LogP contribution in [0, 0.1) is 0 Å². The summed E-state index contributed by atoms with van der Waals surface area (Å²) in [6.07, 6.45) is 2.29. The molecule has 0 spiro atoms. The van der Waals surface area contributed by atoms with E-state index >= 15 is 0 Å². The summed E-state index contributed by atoms with van der Waals surface area (Å²) in [4.78, 5) is 18.9. The van der Waals surface area contributed by atoms with Gasteiger partial charge in [-0.2, -0.15) is 0 Å². The summed E-state index contributed by atoms with van der Waals surface area (Å²) in [7, 11) is -3.75. The smallest absolute Gasteiger partial charge is 0.243 e. The number of aromatic nitrogens is 2. The quantitative estimate of drug-likeness (QED) is 0.404. The van der Waals surface area contributed by atoms with Crippen LogP contribution in [0.15, 0.2) is 17.3 Å². The van der Waals surface area contributed by atoms with Crippen molar-refractivity contribution in [3.8, 4) is 0 Å². The molecular formula is C11H20N6O3S. The fraction of sp³-hybridized carbons (Fsp3) is 0.545. The van der Waals surface area contributed by atoms with E-state index in [4.69, 9.17) is 5.84 Å². The molecule has 118 valence electrons. The molecule has 0 aliphatic heterocycles. The second kappa shape index (κ2) is 6.78. The van der Waals surface area contributed by atoms with Gasteiger partial charge < -0.3 is 5.32 Å². The van der Waals surface area contributed by atoms with Crippen LogP contribution in [0.3, 0.4) is 0 Å². The summed E-state index contributed by atoms with van der Waals surface area (Å²) < 4.78 is 26.2. The Morgan fingerprint density at radius 1 is 1.29 bits per heavy atom. The number of hydrogen-bond donors (Lipinski definition) is 4. The van der Waals surface area contributed by atoms with Crippen molar-refractivity contribution in [1.82, 2.24) is 20.0 Å². The third-order valence-electron chi connectivity index (χ3n) is 2.23. The largest absolute Gasteiger partial charge is 0.351 e. The third-order valence-corrected chi connectivity index (χ3v) is 3.64. The molecule has 1 heterocycles. The number of rotatable bonds is 6. The van der Waals surface area contributed by atoms with Crippen LogP contribution >= 0.6 is 0 Å². The number of amides is 1. The number of hydrogen-bond acceptors (Lipinski definition) is 7. The van der Waals surface area contributed by atoms with Crippen LogP contribution in [-0.4, -0.2) is 36.4 Å². The average Bonchev–Trinajstić information content (AvgIpc) is 2.36. The lowest BCUT2D eigenvalue weighted by atomic mass is 10.1. The molecule has 1 amide bonds. The van der Waals surface area contributed by atoms with Gasteiger partial charge >= 0.3 is 0 Å². The minimum absolute atomic E-state index is 0.0128. The summed E-state index contributed by atoms with van der Waals surface area (Å²) in [5, 5.41) is 2.74. The Labute approximate surface area is 123 Å². The first kappa shape index (κ1) is 17.3. The highest BCUT2D eigenvalue weighted by Crippen LogP contribution is 2.06. The molecule has 0 unspecified atom stereocenters. The minimum Gasteiger partial charge on any atom is -0.351 e. The molecule has 0 atom stereocenters. The number of hydrazine groups is 1. The number of carbonyl (C=O) groups excluding carboxylic acids is 1. The van der Waals surface area contributed by atoms with E-state index in [1.807, 2.05) is 20.8 Å². The maximum absolute atomic E-state index is 11.9. The van der Waals surface area contributed by atoms with Crippen molar-refractivity contribution in [2.45, 2.75) is 37.6 Å². The molecule has 0 bridgehead atoms. The third kappa shape index (κ3) is 6.02. The Hall–Kier alpha value is -1.78. The lowest BCUT2D eigenvalue weighted by molar-refractivity contribution is -0.122. The number of nitrogens with zero attached hydrogens (tertiary/aromatic N) is 2. The topological polar surface area (TPSA) is 139 Å². The molecule has 21 heavy (non-hydrogen) atoms. The highest BCUT2D eigenvalue weighted by atomic mass is 32.2. The highest BCUT2D eigenvalue weighted by molar-refractivity contribution is 7.89. The van der Waals surface area contributed by atoms with Crippen LogP contribution in [0.25, 0.3) is 0 Å². The SMILES string of the molecule is CC(C)(C)NC(=O)CCNS(=O)(=O)c1cnc(NN)nc1. The van der Waals surface area contributed by atoms with E-state index < -0.39 is 10.0 Å². The molecule has 0 aliphatic rings. The molecule has 0 saturated carbocycles. The lowest BCUT2D eigenvalue weighted by Gasteiger charge is -2.20. The van der Waals surface area contributed by atoms with Gasteiger partial charge in [0.2, 0.25) is 21.9 Å². The predicted molar refractivity (Wildman–Crippen MR) is 77.5 cm³/mol. The van der Waals surface area contributed by atoms with E-state index in [2.05, 4.69) is 25.4 Å². The monoisotopic (exact) mass is 316 g/mol. The minimum atomic E-state index is -3.75. The van der Waals surface area contributed by atoms with E-state index in [-0.39, 0.29) is 35.3 Å². The fourth-order valence-electron chi connectivity index (χ4n) is 1.39. The number of nitrogens with one attached hydrogen (secondary N) is 3. The first-order valence-electron chi connectivity index (χ1n) is 6.23. The summed E-state index contributed by atoms with van der Waals surface area (Å²) in [6.45, 7) is 5.53. The molecule has 0 aliphatic carbocycles. The Balaban J connectivity index is 2.55. The number of sulfonamides is 1. The van der Waals surface area contributed by atoms with E-state index in [1.54, 1.807) is 0 Å². The van der Waals surface area contributed by atoms with Gasteiger partial charge in [-0.1, -0.05) is 0 Å². The molecular weight excluding hydrogens is 296 g/mol. The summed E-state index contributed by atoms with van der Waals surface area (Å²) in [6, 6.07) is 0. The second-order valence-corrected chi connectivity index (χ2v) is 7.10. The Morgan fingerprint density at radius 2 is 1.86 bits per heavy atom. The van der Waals surface area contributed by atoms with Gasteiger partial charge in [-0.05, 0) is 20.8 Å². The normalized spacial score (nSPS) is 12.0. The lowest BCUT2D eigenvalue weighted by Crippen LogP contribution is -2.41. The van der Waals surface area contributed by atoms with E-state index in [0.29, 0.717) is 0 Å². The number of anilines is 1. The van der Waals surface area contributed by atoms with Crippen molar-refractivity contribution in [3.05, 3.63) is 12.4 Å². The zero-order chi connectivity index (χ0) is 16.1. The van der Waals surface area contributed by atoms with Gasteiger partial charge in [-0.3, -0.25) is 10.2 Å². The molecule has 0 fully saturated rings. The van der Waals surface area contributed by atoms with E-state index in [9.17, 15) is 13.2 Å². The van der Waals surface area contributed by atoms with Crippen LogP contribution in [0.2, 0.25) is 0 Å². The van der Waals surface area contributed by atoms with Gasteiger partial charge in [-0.15, -0.1) is 0 Å². The molecule has 1 aromatic heterocycles. The zero-order valence-corrected chi connectivity index (χ0v) is 13.0. The van der Waals surface area contributed by atoms with Crippen LogP contribution in [0.1, 0.15) is 27.2 Å². The standard InChI is InChI=1S/C11H20N6O3S/c1-11(2,3)16-9(18)4-5-15-21(19,20)8-6-13-10(17-12)14-7-8/h6-7,15H,4-5,12H2,1-3H3,(H,16,18)(H,13,14,17). The van der Waals surface area contributed by atoms with Crippen molar-refractivity contribution in [2.24, 2.45) is 5.84 Å². The van der Waals surface area contributed by atoms with Crippen LogP contribution in [0.5, 0.6) is 0 Å². The van der Waals surface area contributed by atoms with Gasteiger partial charge in [0.05, 0.1) is 12.4 Å². The maximum Gasteiger partial charge on any atom is 0.243 e. The second-order valence-electron chi connectivity index (χ2n) is 5.33. The van der Waals surface area contributed by atoms with Gasteiger partial charge in [0, 0.05) is 18.5 Å². The molecule has 5 N–H and O–H groups in total. The molecule has 0 saturated heterocycles. The van der Waals surface area contributed by atoms with E-state index in [0.717, 1.165) is 12.4 Å². The first-order chi connectivity index (χ1) is 9.64. The molecule has 10 heteroatoms. The first-order valence-corrected chi connectivity index (χ1v) is 7.72. The maximum atomic E-state index is 11.9. The number of nitrogens with two attached hydrogens (primary N) is 1. The zero-order valence-electron chi connectivity index (χ0n) is 12.2. The van der Waals surface area contributed by atoms with Gasteiger partial charge in [0.15, 0.2) is 0 Å². The average molecular weight is 316 g/mol. The van der Waals surface area contributed by atoms with Crippen LogP contribution in [-0.2, 0) is 14.8 Å². The molecule has 0 aromatic carbocycles. The summed E-state index contributed by atoms with van der Waals surface area (Å²) in [5.74, 6) is 4.97. The highest BCUT2D eigenvalue weighted by Gasteiger charge is 2.17. The predicted octanol–water partition coefficient (Wildman–Crippen LogP) is -0.655. The van der Waals surface area contributed by atoms with Crippen molar-refractivity contribution in [2.75, 3.05) is 12.0 Å². The van der Waals surface area contributed by atoms with E-state index in [1.165, 1.54) is 0 Å². The Kier molecular flexibility index (Phi) is 5.58. The number of nitrogen functional groups attached to an aromatic ring is 1. The van der Waals surface area contributed by atoms with Crippen molar-refractivity contribution < 1.29 is 13.2 Å². The number of carbonyl (C=O) groups is 1. The molecule has 1 aromatic rings. The van der Waals surface area contributed by atoms with Crippen LogP contribution < -0.4 is 21.3 Å². The Morgan fingerprint density at radius 3 is 2.33 bits per heavy atom. The van der Waals surface area contributed by atoms with Crippen molar-refractivity contribution in [1.29, 1.82) is 0 Å². The van der Waals surface area contributed by atoms with Gasteiger partial charge in [0.1, 0.15) is 4.90 Å².